The fraction of sp³-hybridized carbons (Fsp3) is 0.927. The van der Waals surface area contributed by atoms with Crippen LogP contribution in [-0.2, 0) is 14.3 Å². The largest absolute Gasteiger partial charge is 0.466 e. The first-order valence-electron chi connectivity index (χ1n) is 27.4. The number of nitrogens with one attached hydrogen (secondary N) is 1. The van der Waals surface area contributed by atoms with E-state index in [4.69, 9.17) is 4.74 Å². The Morgan fingerprint density at radius 2 is 0.770 bits per heavy atom. The molecule has 0 saturated carbocycles. The molecule has 0 saturated heterocycles. The van der Waals surface area contributed by atoms with Gasteiger partial charge in [0.25, 0.3) is 0 Å². The predicted molar refractivity (Wildman–Crippen MR) is 264 cm³/mol. The first-order valence-corrected chi connectivity index (χ1v) is 27.4. The van der Waals surface area contributed by atoms with Crippen molar-refractivity contribution in [1.82, 2.24) is 5.32 Å². The second-order valence-electron chi connectivity index (χ2n) is 18.9. The summed E-state index contributed by atoms with van der Waals surface area (Å²) in [5.74, 6) is -0.0540. The van der Waals surface area contributed by atoms with E-state index < -0.39 is 12.1 Å². The average molecular weight is 862 g/mol. The van der Waals surface area contributed by atoms with Crippen molar-refractivity contribution in [2.75, 3.05) is 13.2 Å². The molecular weight excluding hydrogens is 755 g/mol. The van der Waals surface area contributed by atoms with E-state index in [9.17, 15) is 19.8 Å². The highest BCUT2D eigenvalue weighted by Crippen LogP contribution is 2.17. The number of amides is 1. The molecule has 0 aromatic rings. The van der Waals surface area contributed by atoms with Gasteiger partial charge in [-0.3, -0.25) is 9.59 Å². The Balaban J connectivity index is 3.44. The molecule has 362 valence electrons. The Labute approximate surface area is 380 Å². The Bertz CT molecular complexity index is 909. The number of carbonyl (C=O) groups excluding carboxylic acids is 2. The lowest BCUT2D eigenvalue weighted by Gasteiger charge is -2.22. The molecule has 0 aromatic heterocycles. The van der Waals surface area contributed by atoms with Crippen LogP contribution in [0.3, 0.4) is 0 Å². The van der Waals surface area contributed by atoms with E-state index in [2.05, 4.69) is 31.3 Å². The Morgan fingerprint density at radius 3 is 1.16 bits per heavy atom. The summed E-state index contributed by atoms with van der Waals surface area (Å²) in [6, 6.07) is -0.549. The van der Waals surface area contributed by atoms with Crippen LogP contribution < -0.4 is 5.32 Å². The van der Waals surface area contributed by atoms with Gasteiger partial charge in [-0.1, -0.05) is 251 Å². The first kappa shape index (κ1) is 59.6. The monoisotopic (exact) mass is 862 g/mol. The second-order valence-corrected chi connectivity index (χ2v) is 18.9. The molecule has 6 nitrogen and oxygen atoms in total. The molecule has 3 N–H and O–H groups in total. The van der Waals surface area contributed by atoms with Crippen LogP contribution in [0.1, 0.15) is 303 Å². The molecule has 0 radical (unpaired) electrons. The zero-order chi connectivity index (χ0) is 44.4. The molecule has 61 heavy (non-hydrogen) atoms. The van der Waals surface area contributed by atoms with Crippen molar-refractivity contribution in [3.05, 3.63) is 12.2 Å². The Morgan fingerprint density at radius 1 is 0.443 bits per heavy atom. The van der Waals surface area contributed by atoms with E-state index >= 15 is 0 Å². The van der Waals surface area contributed by atoms with Crippen molar-refractivity contribution in [3.63, 3.8) is 0 Å². The van der Waals surface area contributed by atoms with Crippen LogP contribution in [0, 0.1) is 0 Å². The van der Waals surface area contributed by atoms with Crippen LogP contribution in [0.4, 0.5) is 0 Å². The first-order chi connectivity index (χ1) is 30.0. The number of unbranched alkanes of at least 4 members (excludes halogenated alkanes) is 38. The van der Waals surface area contributed by atoms with E-state index in [0.29, 0.717) is 25.9 Å². The van der Waals surface area contributed by atoms with E-state index in [-0.39, 0.29) is 18.5 Å². The molecule has 0 spiro atoms. The highest BCUT2D eigenvalue weighted by atomic mass is 16.5. The quantitative estimate of drug-likeness (QED) is 0.0322. The van der Waals surface area contributed by atoms with Crippen molar-refractivity contribution >= 4 is 11.9 Å². The maximum atomic E-state index is 12.5. The van der Waals surface area contributed by atoms with Gasteiger partial charge >= 0.3 is 5.97 Å². The van der Waals surface area contributed by atoms with Gasteiger partial charge in [0, 0.05) is 12.8 Å². The van der Waals surface area contributed by atoms with Gasteiger partial charge in [0.2, 0.25) is 5.91 Å². The Kier molecular flexibility index (Phi) is 50.1. The van der Waals surface area contributed by atoms with Gasteiger partial charge in [0.05, 0.1) is 25.4 Å². The number of aliphatic hydroxyl groups is 2. The summed E-state index contributed by atoms with van der Waals surface area (Å²) in [6.07, 6.45) is 59.0. The molecule has 0 bridgehead atoms. The molecule has 0 rings (SSSR count). The maximum absolute atomic E-state index is 12.5. The number of esters is 1. The maximum Gasteiger partial charge on any atom is 0.305 e. The number of aliphatic hydroxyl groups excluding tert-OH is 2. The number of carbonyl (C=O) groups is 2. The van der Waals surface area contributed by atoms with Crippen molar-refractivity contribution in [2.45, 2.75) is 315 Å². The summed E-state index contributed by atoms with van der Waals surface area (Å²) in [5, 5.41) is 23.3. The number of allylic oxidation sites excluding steroid dienone is 2. The minimum atomic E-state index is -0.671. The van der Waals surface area contributed by atoms with Crippen molar-refractivity contribution in [3.8, 4) is 0 Å². The van der Waals surface area contributed by atoms with Crippen LogP contribution in [0.2, 0.25) is 0 Å². The molecule has 0 aliphatic heterocycles. The van der Waals surface area contributed by atoms with Crippen molar-refractivity contribution in [2.24, 2.45) is 0 Å². The highest BCUT2D eigenvalue weighted by Gasteiger charge is 2.20. The van der Waals surface area contributed by atoms with E-state index in [1.807, 2.05) is 0 Å². The highest BCUT2D eigenvalue weighted by molar-refractivity contribution is 5.76. The minimum Gasteiger partial charge on any atom is -0.466 e. The lowest BCUT2D eigenvalue weighted by atomic mass is 10.0. The zero-order valence-electron chi connectivity index (χ0n) is 41.2. The molecule has 0 aromatic carbocycles. The van der Waals surface area contributed by atoms with Crippen molar-refractivity contribution < 1.29 is 24.5 Å². The third-order valence-corrected chi connectivity index (χ3v) is 12.8. The zero-order valence-corrected chi connectivity index (χ0v) is 41.2. The number of ether oxygens (including phenoxy) is 1. The third-order valence-electron chi connectivity index (χ3n) is 12.8. The van der Waals surface area contributed by atoms with Gasteiger partial charge < -0.3 is 20.3 Å². The van der Waals surface area contributed by atoms with Gasteiger partial charge in [0.1, 0.15) is 0 Å². The molecule has 2 unspecified atom stereocenters. The average Bonchev–Trinajstić information content (AvgIpc) is 3.26. The van der Waals surface area contributed by atoms with Crippen molar-refractivity contribution in [1.29, 1.82) is 0 Å². The molecule has 0 aliphatic carbocycles. The lowest BCUT2D eigenvalue weighted by molar-refractivity contribution is -0.143. The lowest BCUT2D eigenvalue weighted by Crippen LogP contribution is -2.45. The number of hydrogen-bond acceptors (Lipinski definition) is 5. The normalized spacial score (nSPS) is 12.7. The summed E-state index contributed by atoms with van der Waals surface area (Å²) < 4.78 is 5.46. The predicted octanol–water partition coefficient (Wildman–Crippen LogP) is 16.5. The topological polar surface area (TPSA) is 95.9 Å². The number of hydrogen-bond donors (Lipinski definition) is 3. The van der Waals surface area contributed by atoms with E-state index in [1.54, 1.807) is 0 Å². The van der Waals surface area contributed by atoms with E-state index in [0.717, 1.165) is 51.4 Å². The van der Waals surface area contributed by atoms with Gasteiger partial charge in [-0.05, 0) is 51.4 Å². The van der Waals surface area contributed by atoms with Gasteiger partial charge in [-0.15, -0.1) is 0 Å². The summed E-state index contributed by atoms with van der Waals surface area (Å²) >= 11 is 0. The van der Waals surface area contributed by atoms with Crippen LogP contribution in [0.5, 0.6) is 0 Å². The molecule has 2 atom stereocenters. The van der Waals surface area contributed by atoms with Gasteiger partial charge in [-0.25, -0.2) is 0 Å². The number of rotatable bonds is 51. The molecule has 6 heteroatoms. The summed E-state index contributed by atoms with van der Waals surface area (Å²) in [7, 11) is 0. The van der Waals surface area contributed by atoms with E-state index in [1.165, 1.54) is 218 Å². The van der Waals surface area contributed by atoms with Gasteiger partial charge in [-0.2, -0.15) is 0 Å². The molecule has 0 heterocycles. The smallest absolute Gasteiger partial charge is 0.305 e. The fourth-order valence-electron chi connectivity index (χ4n) is 8.58. The van der Waals surface area contributed by atoms with Crippen LogP contribution in [-0.4, -0.2) is 47.4 Å². The Hall–Kier alpha value is -1.40. The SMILES string of the molecule is CCCCCCC/C=C\CCCCCCCC(=O)OCCCCCCCCCCCCCCCCC(=O)NC(CO)C(O)CCCCCCCCCCCCCCCCCC. The van der Waals surface area contributed by atoms with Crippen LogP contribution in [0.15, 0.2) is 12.2 Å². The van der Waals surface area contributed by atoms with Crippen LogP contribution >= 0.6 is 0 Å². The minimum absolute atomic E-state index is 0.0102. The molecule has 0 aliphatic rings. The molecular formula is C55H107NO5. The third kappa shape index (κ3) is 47.9. The standard InChI is InChI=1S/C55H107NO5/c1-3-5-7-9-11-13-15-17-19-20-23-27-31-35-39-43-47-53(58)52(51-57)56-54(59)48-44-40-36-32-28-24-21-22-26-30-34-38-42-46-50-61-55(60)49-45-41-37-33-29-25-18-16-14-12-10-8-6-4-2/h16,18,52-53,57-58H,3-15,17,19-51H2,1-2H3,(H,56,59)/b18-16-. The molecule has 1 amide bonds. The fourth-order valence-corrected chi connectivity index (χ4v) is 8.58. The summed E-state index contributed by atoms with van der Waals surface area (Å²) in [6.45, 7) is 4.93. The molecule has 0 fully saturated rings. The second kappa shape index (κ2) is 51.2. The van der Waals surface area contributed by atoms with Gasteiger partial charge in [0.15, 0.2) is 0 Å². The summed E-state index contributed by atoms with van der Waals surface area (Å²) in [4.78, 5) is 24.5. The van der Waals surface area contributed by atoms with Crippen LogP contribution in [0.25, 0.3) is 0 Å². The summed E-state index contributed by atoms with van der Waals surface area (Å²) in [5.41, 5.74) is 0.